The number of ether oxygens (including phenoxy) is 1. The summed E-state index contributed by atoms with van der Waals surface area (Å²) in [6.45, 7) is 2.36. The molecule has 0 saturated carbocycles. The van der Waals surface area contributed by atoms with E-state index in [9.17, 15) is 9.59 Å². The first-order valence-electron chi connectivity index (χ1n) is 8.38. The summed E-state index contributed by atoms with van der Waals surface area (Å²) in [5.74, 6) is 0.206. The molecule has 0 bridgehead atoms. The summed E-state index contributed by atoms with van der Waals surface area (Å²) < 4.78 is 5.50. The molecule has 7 nitrogen and oxygen atoms in total. The third-order valence-electron chi connectivity index (χ3n) is 3.71. The van der Waals surface area contributed by atoms with E-state index in [2.05, 4.69) is 20.9 Å². The zero-order valence-electron chi connectivity index (χ0n) is 14.4. The molecule has 3 rings (SSSR count). The van der Waals surface area contributed by atoms with Gasteiger partial charge in [0, 0.05) is 5.69 Å². The van der Waals surface area contributed by atoms with Gasteiger partial charge in [0.05, 0.1) is 18.7 Å². The summed E-state index contributed by atoms with van der Waals surface area (Å²) in [6.07, 6.45) is -0.0113. The zero-order chi connectivity index (χ0) is 18.4. The average Bonchev–Trinajstić information content (AvgIpc) is 2.64. The van der Waals surface area contributed by atoms with Crippen LogP contribution in [-0.2, 0) is 9.59 Å². The summed E-state index contributed by atoms with van der Waals surface area (Å²) in [5.41, 5.74) is 1.33. The molecule has 3 N–H and O–H groups in total. The Morgan fingerprint density at radius 1 is 1.19 bits per heavy atom. The second-order valence-corrected chi connectivity index (χ2v) is 5.66. The number of nitrogens with one attached hydrogen (secondary N) is 3. The van der Waals surface area contributed by atoms with Gasteiger partial charge in [-0.05, 0) is 31.2 Å². The van der Waals surface area contributed by atoms with Crippen LogP contribution in [0.4, 0.5) is 11.4 Å². The van der Waals surface area contributed by atoms with Gasteiger partial charge in [0.25, 0.3) is 0 Å². The van der Waals surface area contributed by atoms with E-state index in [0.29, 0.717) is 18.0 Å². The molecule has 1 aliphatic heterocycles. The number of carbonyl (C=O) groups excluding carboxylic acids is 2. The number of para-hydroxylation sites is 3. The fraction of sp³-hybridized carbons (Fsp3) is 0.211. The molecule has 7 heteroatoms. The molecule has 0 fully saturated rings. The molecule has 0 spiro atoms. The lowest BCUT2D eigenvalue weighted by Gasteiger charge is -2.21. The largest absolute Gasteiger partial charge is 0.492 e. The molecule has 0 aliphatic carbocycles. The van der Waals surface area contributed by atoms with Gasteiger partial charge in [-0.1, -0.05) is 30.3 Å². The predicted octanol–water partition coefficient (Wildman–Crippen LogP) is 2.38. The minimum Gasteiger partial charge on any atom is -0.492 e. The smallest absolute Gasteiger partial charge is 0.249 e. The molecule has 1 aliphatic rings. The quantitative estimate of drug-likeness (QED) is 0.770. The van der Waals surface area contributed by atoms with E-state index in [1.807, 2.05) is 43.3 Å². The lowest BCUT2D eigenvalue weighted by molar-refractivity contribution is -0.124. The van der Waals surface area contributed by atoms with E-state index in [0.717, 1.165) is 5.69 Å². The normalized spacial score (nSPS) is 16.3. The number of amides is 2. The van der Waals surface area contributed by atoms with E-state index in [-0.39, 0.29) is 24.2 Å². The van der Waals surface area contributed by atoms with Gasteiger partial charge >= 0.3 is 0 Å². The Bertz CT molecular complexity index is 821. The maximum atomic E-state index is 12.6. The molecule has 2 aromatic rings. The Kier molecular flexibility index (Phi) is 5.48. The van der Waals surface area contributed by atoms with Crippen molar-refractivity contribution in [2.75, 3.05) is 17.2 Å². The third kappa shape index (κ3) is 4.38. The molecule has 0 aromatic heterocycles. The maximum Gasteiger partial charge on any atom is 0.249 e. The fourth-order valence-corrected chi connectivity index (χ4v) is 2.53. The lowest BCUT2D eigenvalue weighted by atomic mass is 10.1. The van der Waals surface area contributed by atoms with Crippen molar-refractivity contribution in [3.05, 3.63) is 54.6 Å². The molecule has 1 heterocycles. The van der Waals surface area contributed by atoms with Crippen LogP contribution in [0.2, 0.25) is 0 Å². The summed E-state index contributed by atoms with van der Waals surface area (Å²) in [5, 5.41) is 8.44. The van der Waals surface area contributed by atoms with Crippen molar-refractivity contribution in [1.82, 2.24) is 5.32 Å². The van der Waals surface area contributed by atoms with E-state index < -0.39 is 6.04 Å². The number of nitrogens with zero attached hydrogens (tertiary/aromatic N) is 1. The SMILES string of the molecule is CCOc1ccccc1NC(=O)C1CC(=O)NC(Nc2ccccc2)=N1. The first-order chi connectivity index (χ1) is 12.7. The number of hydrogen-bond donors (Lipinski definition) is 3. The first-order valence-corrected chi connectivity index (χ1v) is 8.38. The standard InChI is InChI=1S/C19H20N4O3/c1-2-26-16-11-7-6-10-14(16)21-18(25)15-12-17(24)23-19(22-15)20-13-8-4-3-5-9-13/h3-11,15H,2,12H2,1H3,(H,21,25)(H2,20,22,23,24). The van der Waals surface area contributed by atoms with Gasteiger partial charge in [0.1, 0.15) is 11.8 Å². The summed E-state index contributed by atoms with van der Waals surface area (Å²) in [6, 6.07) is 15.6. The molecule has 1 atom stereocenters. The first kappa shape index (κ1) is 17.5. The monoisotopic (exact) mass is 352 g/mol. The average molecular weight is 352 g/mol. The van der Waals surface area contributed by atoms with Crippen molar-refractivity contribution >= 4 is 29.1 Å². The minimum atomic E-state index is -0.815. The molecule has 0 saturated heterocycles. The summed E-state index contributed by atoms with van der Waals surface area (Å²) in [4.78, 5) is 28.9. The number of carbonyl (C=O) groups is 2. The Hall–Kier alpha value is -3.35. The Morgan fingerprint density at radius 2 is 1.92 bits per heavy atom. The molecular weight excluding hydrogens is 332 g/mol. The topological polar surface area (TPSA) is 91.8 Å². The van der Waals surface area contributed by atoms with Crippen molar-refractivity contribution in [1.29, 1.82) is 0 Å². The van der Waals surface area contributed by atoms with Crippen LogP contribution in [0.25, 0.3) is 0 Å². The van der Waals surface area contributed by atoms with Crippen molar-refractivity contribution in [2.24, 2.45) is 4.99 Å². The number of anilines is 2. The fourth-order valence-electron chi connectivity index (χ4n) is 2.53. The highest BCUT2D eigenvalue weighted by atomic mass is 16.5. The zero-order valence-corrected chi connectivity index (χ0v) is 14.4. The van der Waals surface area contributed by atoms with Crippen molar-refractivity contribution in [3.63, 3.8) is 0 Å². The Labute approximate surface area is 151 Å². The molecule has 26 heavy (non-hydrogen) atoms. The van der Waals surface area contributed by atoms with Crippen molar-refractivity contribution in [2.45, 2.75) is 19.4 Å². The molecule has 2 amide bonds. The number of aliphatic imine (C=N–C) groups is 1. The Morgan fingerprint density at radius 3 is 2.69 bits per heavy atom. The van der Waals surface area contributed by atoms with Gasteiger partial charge < -0.3 is 15.4 Å². The number of guanidine groups is 1. The number of benzene rings is 2. The van der Waals surface area contributed by atoms with Crippen LogP contribution in [0.5, 0.6) is 5.75 Å². The van der Waals surface area contributed by atoms with E-state index in [1.54, 1.807) is 18.2 Å². The van der Waals surface area contributed by atoms with Crippen LogP contribution in [-0.4, -0.2) is 30.4 Å². The van der Waals surface area contributed by atoms with Gasteiger partial charge in [-0.2, -0.15) is 0 Å². The minimum absolute atomic E-state index is 0.0113. The highest BCUT2D eigenvalue weighted by Gasteiger charge is 2.27. The second-order valence-electron chi connectivity index (χ2n) is 5.66. The molecular formula is C19H20N4O3. The molecule has 2 aromatic carbocycles. The van der Waals surface area contributed by atoms with Crippen LogP contribution in [0.1, 0.15) is 13.3 Å². The van der Waals surface area contributed by atoms with Crippen LogP contribution >= 0.6 is 0 Å². The lowest BCUT2D eigenvalue weighted by Crippen LogP contribution is -2.45. The van der Waals surface area contributed by atoms with Gasteiger partial charge in [-0.15, -0.1) is 0 Å². The van der Waals surface area contributed by atoms with E-state index in [1.165, 1.54) is 0 Å². The Balaban J connectivity index is 1.74. The van der Waals surface area contributed by atoms with Crippen LogP contribution in [0.15, 0.2) is 59.6 Å². The molecule has 0 radical (unpaired) electrons. The summed E-state index contributed by atoms with van der Waals surface area (Å²) in [7, 11) is 0. The van der Waals surface area contributed by atoms with Gasteiger partial charge in [0.15, 0.2) is 0 Å². The number of rotatable bonds is 5. The maximum absolute atomic E-state index is 12.6. The molecule has 1 unspecified atom stereocenters. The van der Waals surface area contributed by atoms with Gasteiger partial charge in [-0.25, -0.2) is 4.99 Å². The number of hydrogen-bond acceptors (Lipinski definition) is 5. The highest BCUT2D eigenvalue weighted by Crippen LogP contribution is 2.24. The second kappa shape index (κ2) is 8.15. The van der Waals surface area contributed by atoms with Crippen molar-refractivity contribution in [3.8, 4) is 5.75 Å². The predicted molar refractivity (Wildman–Crippen MR) is 100 cm³/mol. The summed E-state index contributed by atoms with van der Waals surface area (Å²) >= 11 is 0. The van der Waals surface area contributed by atoms with Gasteiger partial charge in [-0.3, -0.25) is 14.9 Å². The van der Waals surface area contributed by atoms with Crippen LogP contribution in [0, 0.1) is 0 Å². The third-order valence-corrected chi connectivity index (χ3v) is 3.71. The van der Waals surface area contributed by atoms with Crippen LogP contribution < -0.4 is 20.7 Å². The van der Waals surface area contributed by atoms with E-state index >= 15 is 0 Å². The van der Waals surface area contributed by atoms with Crippen molar-refractivity contribution < 1.29 is 14.3 Å². The van der Waals surface area contributed by atoms with E-state index in [4.69, 9.17) is 4.74 Å². The molecule has 134 valence electrons. The highest BCUT2D eigenvalue weighted by molar-refractivity contribution is 6.10. The van der Waals surface area contributed by atoms with Crippen LogP contribution in [0.3, 0.4) is 0 Å². The van der Waals surface area contributed by atoms with Gasteiger partial charge in [0.2, 0.25) is 17.8 Å².